The van der Waals surface area contributed by atoms with Gasteiger partial charge in [-0.25, -0.2) is 9.37 Å². The van der Waals surface area contributed by atoms with Crippen LogP contribution in [0.2, 0.25) is 0 Å². The molecular weight excluding hydrogens is 207 g/mol. The average molecular weight is 220 g/mol. The third-order valence-electron chi connectivity index (χ3n) is 2.54. The molecule has 4 heteroatoms. The number of nitrogens with zero attached hydrogens (tertiary/aromatic N) is 2. The van der Waals surface area contributed by atoms with Crippen molar-refractivity contribution in [1.82, 2.24) is 9.55 Å². The lowest BCUT2D eigenvalue weighted by atomic mass is 10.0. The maximum atomic E-state index is 13.4. The Morgan fingerprint density at radius 1 is 1.44 bits per heavy atom. The summed E-state index contributed by atoms with van der Waals surface area (Å²) in [6, 6.07) is 3.08. The highest BCUT2D eigenvalue weighted by Gasteiger charge is 2.12. The summed E-state index contributed by atoms with van der Waals surface area (Å²) >= 11 is 0. The molecular formula is C12H13FN2O. The Labute approximate surface area is 93.2 Å². The molecule has 2 aromatic rings. The van der Waals surface area contributed by atoms with E-state index in [-0.39, 0.29) is 5.82 Å². The van der Waals surface area contributed by atoms with E-state index >= 15 is 0 Å². The summed E-state index contributed by atoms with van der Waals surface area (Å²) in [5.74, 6) is -0.306. The number of hydrogen-bond acceptors (Lipinski definition) is 2. The number of halogens is 1. The molecule has 84 valence electrons. The zero-order chi connectivity index (χ0) is 11.7. The van der Waals surface area contributed by atoms with Crippen molar-refractivity contribution in [2.45, 2.75) is 20.0 Å². The summed E-state index contributed by atoms with van der Waals surface area (Å²) in [5, 5.41) is 9.62. The van der Waals surface area contributed by atoms with Gasteiger partial charge in [0.05, 0.1) is 18.1 Å². The number of aryl methyl sites for hydroxylation is 1. The first-order valence-electron chi connectivity index (χ1n) is 5.06. The smallest absolute Gasteiger partial charge is 0.126 e. The summed E-state index contributed by atoms with van der Waals surface area (Å²) in [6.07, 6.45) is 4.31. The Kier molecular flexibility index (Phi) is 2.75. The van der Waals surface area contributed by atoms with Crippen molar-refractivity contribution in [3.05, 3.63) is 47.8 Å². The van der Waals surface area contributed by atoms with Gasteiger partial charge in [0.2, 0.25) is 0 Å². The SMILES string of the molecule is Cc1cc(-n2ccnc2)c([C@H](C)O)cc1F. The average Bonchev–Trinajstić information content (AvgIpc) is 2.74. The van der Waals surface area contributed by atoms with Crippen molar-refractivity contribution in [3.8, 4) is 5.69 Å². The monoisotopic (exact) mass is 220 g/mol. The van der Waals surface area contributed by atoms with Crippen LogP contribution in [-0.2, 0) is 0 Å². The zero-order valence-electron chi connectivity index (χ0n) is 9.18. The minimum atomic E-state index is -0.715. The second-order valence-corrected chi connectivity index (χ2v) is 3.81. The highest BCUT2D eigenvalue weighted by atomic mass is 19.1. The van der Waals surface area contributed by atoms with Gasteiger partial charge in [-0.15, -0.1) is 0 Å². The first-order valence-corrected chi connectivity index (χ1v) is 5.06. The van der Waals surface area contributed by atoms with Gasteiger partial charge in [-0.1, -0.05) is 0 Å². The van der Waals surface area contributed by atoms with Crippen molar-refractivity contribution in [1.29, 1.82) is 0 Å². The highest BCUT2D eigenvalue weighted by molar-refractivity contribution is 5.45. The van der Waals surface area contributed by atoms with E-state index in [2.05, 4.69) is 4.98 Å². The van der Waals surface area contributed by atoms with Gasteiger partial charge in [0.1, 0.15) is 5.82 Å². The van der Waals surface area contributed by atoms with E-state index in [9.17, 15) is 9.50 Å². The number of aliphatic hydroxyl groups is 1. The fraction of sp³-hybridized carbons (Fsp3) is 0.250. The molecule has 0 fully saturated rings. The molecule has 0 unspecified atom stereocenters. The van der Waals surface area contributed by atoms with Crippen LogP contribution in [0.5, 0.6) is 0 Å². The summed E-state index contributed by atoms with van der Waals surface area (Å²) in [6.45, 7) is 3.31. The third kappa shape index (κ3) is 1.84. The number of benzene rings is 1. The van der Waals surface area contributed by atoms with E-state index in [1.165, 1.54) is 6.07 Å². The molecule has 0 aliphatic carbocycles. The van der Waals surface area contributed by atoms with Crippen LogP contribution in [0.4, 0.5) is 4.39 Å². The van der Waals surface area contributed by atoms with E-state index in [0.717, 1.165) is 5.69 Å². The molecule has 1 N–H and O–H groups in total. The van der Waals surface area contributed by atoms with Gasteiger partial charge in [0.25, 0.3) is 0 Å². The molecule has 0 amide bonds. The van der Waals surface area contributed by atoms with Gasteiger partial charge in [-0.05, 0) is 31.5 Å². The number of imidazole rings is 1. The van der Waals surface area contributed by atoms with Crippen molar-refractivity contribution in [2.24, 2.45) is 0 Å². The molecule has 0 aliphatic rings. The van der Waals surface area contributed by atoms with E-state index in [1.54, 1.807) is 43.2 Å². The molecule has 0 aliphatic heterocycles. The van der Waals surface area contributed by atoms with Crippen LogP contribution in [0.25, 0.3) is 5.69 Å². The Morgan fingerprint density at radius 3 is 2.75 bits per heavy atom. The van der Waals surface area contributed by atoms with Gasteiger partial charge < -0.3 is 9.67 Å². The molecule has 0 saturated heterocycles. The minimum absolute atomic E-state index is 0.306. The highest BCUT2D eigenvalue weighted by Crippen LogP contribution is 2.24. The van der Waals surface area contributed by atoms with Crippen LogP contribution in [0.1, 0.15) is 24.2 Å². The molecule has 1 aromatic carbocycles. The van der Waals surface area contributed by atoms with Crippen molar-refractivity contribution < 1.29 is 9.50 Å². The fourth-order valence-corrected chi connectivity index (χ4v) is 1.64. The lowest BCUT2D eigenvalue weighted by Gasteiger charge is -2.14. The van der Waals surface area contributed by atoms with E-state index in [0.29, 0.717) is 11.1 Å². The molecule has 16 heavy (non-hydrogen) atoms. The Hall–Kier alpha value is -1.68. The number of aromatic nitrogens is 2. The van der Waals surface area contributed by atoms with Crippen LogP contribution in [0, 0.1) is 12.7 Å². The molecule has 0 spiro atoms. The van der Waals surface area contributed by atoms with Gasteiger partial charge in [-0.2, -0.15) is 0 Å². The first kappa shape index (κ1) is 10.8. The molecule has 1 aromatic heterocycles. The topological polar surface area (TPSA) is 38.0 Å². The van der Waals surface area contributed by atoms with Crippen molar-refractivity contribution in [3.63, 3.8) is 0 Å². The molecule has 0 saturated carbocycles. The van der Waals surface area contributed by atoms with Crippen LogP contribution in [0.3, 0.4) is 0 Å². The van der Waals surface area contributed by atoms with E-state index in [4.69, 9.17) is 0 Å². The predicted molar refractivity (Wildman–Crippen MR) is 58.9 cm³/mol. The lowest BCUT2D eigenvalue weighted by molar-refractivity contribution is 0.198. The van der Waals surface area contributed by atoms with Crippen molar-refractivity contribution in [2.75, 3.05) is 0 Å². The Morgan fingerprint density at radius 2 is 2.19 bits per heavy atom. The maximum Gasteiger partial charge on any atom is 0.126 e. The Bertz CT molecular complexity index is 492. The molecule has 0 radical (unpaired) electrons. The van der Waals surface area contributed by atoms with Gasteiger partial charge in [0.15, 0.2) is 0 Å². The van der Waals surface area contributed by atoms with E-state index < -0.39 is 6.10 Å². The lowest BCUT2D eigenvalue weighted by Crippen LogP contribution is -2.03. The number of aliphatic hydroxyl groups excluding tert-OH is 1. The quantitative estimate of drug-likeness (QED) is 0.843. The summed E-state index contributed by atoms with van der Waals surface area (Å²) < 4.78 is 15.2. The van der Waals surface area contributed by atoms with Gasteiger partial charge in [0, 0.05) is 18.0 Å². The second kappa shape index (κ2) is 4.06. The molecule has 0 bridgehead atoms. The second-order valence-electron chi connectivity index (χ2n) is 3.81. The summed E-state index contributed by atoms with van der Waals surface area (Å²) in [7, 11) is 0. The molecule has 2 rings (SSSR count). The normalized spacial score (nSPS) is 12.8. The molecule has 3 nitrogen and oxygen atoms in total. The van der Waals surface area contributed by atoms with Crippen LogP contribution in [0.15, 0.2) is 30.9 Å². The standard InChI is InChI=1S/C12H13FN2O/c1-8-5-12(15-4-3-14-7-15)10(9(2)16)6-11(8)13/h3-7,9,16H,1-2H3/t9-/m0/s1. The minimum Gasteiger partial charge on any atom is -0.389 e. The van der Waals surface area contributed by atoms with E-state index in [1.807, 2.05) is 0 Å². The largest absolute Gasteiger partial charge is 0.389 e. The molecule has 1 heterocycles. The fourth-order valence-electron chi connectivity index (χ4n) is 1.64. The van der Waals surface area contributed by atoms with Gasteiger partial charge >= 0.3 is 0 Å². The van der Waals surface area contributed by atoms with Crippen LogP contribution in [-0.4, -0.2) is 14.7 Å². The summed E-state index contributed by atoms with van der Waals surface area (Å²) in [4.78, 5) is 3.94. The maximum absolute atomic E-state index is 13.4. The predicted octanol–water partition coefficient (Wildman–Crippen LogP) is 2.37. The third-order valence-corrected chi connectivity index (χ3v) is 2.54. The van der Waals surface area contributed by atoms with Gasteiger partial charge in [-0.3, -0.25) is 0 Å². The number of hydrogen-bond donors (Lipinski definition) is 1. The number of rotatable bonds is 2. The first-order chi connectivity index (χ1) is 7.59. The Balaban J connectivity index is 2.63. The van der Waals surface area contributed by atoms with Crippen molar-refractivity contribution >= 4 is 0 Å². The van der Waals surface area contributed by atoms with Crippen LogP contribution >= 0.6 is 0 Å². The summed E-state index contributed by atoms with van der Waals surface area (Å²) in [5.41, 5.74) is 1.86. The van der Waals surface area contributed by atoms with Crippen LogP contribution < -0.4 is 0 Å². The molecule has 1 atom stereocenters. The zero-order valence-corrected chi connectivity index (χ0v) is 9.18.